The number of hydrogen-bond donors (Lipinski definition) is 3. The summed E-state index contributed by atoms with van der Waals surface area (Å²) in [6.07, 6.45) is 2.96. The van der Waals surface area contributed by atoms with Crippen molar-refractivity contribution in [3.63, 3.8) is 0 Å². The predicted molar refractivity (Wildman–Crippen MR) is 111 cm³/mol. The van der Waals surface area contributed by atoms with E-state index in [4.69, 9.17) is 4.74 Å². The summed E-state index contributed by atoms with van der Waals surface area (Å²) in [5, 5.41) is 9.36. The van der Waals surface area contributed by atoms with Gasteiger partial charge in [0.1, 0.15) is 11.6 Å². The zero-order valence-electron chi connectivity index (χ0n) is 16.6. The smallest absolute Gasteiger partial charge is 0.258 e. The minimum absolute atomic E-state index is 0.0491. The van der Waals surface area contributed by atoms with Crippen molar-refractivity contribution < 1.29 is 13.9 Å². The van der Waals surface area contributed by atoms with Crippen LogP contribution in [0.2, 0.25) is 0 Å². The van der Waals surface area contributed by atoms with Crippen LogP contribution in [0.15, 0.2) is 53.5 Å². The van der Waals surface area contributed by atoms with Gasteiger partial charge in [0.2, 0.25) is 0 Å². The van der Waals surface area contributed by atoms with Crippen molar-refractivity contribution in [3.8, 4) is 5.75 Å². The lowest BCUT2D eigenvalue weighted by Gasteiger charge is -2.12. The summed E-state index contributed by atoms with van der Waals surface area (Å²) in [5.41, 5.74) is 2.14. The molecule has 1 amide bonds. The minimum Gasteiger partial charge on any atom is -0.484 e. The third-order valence-corrected chi connectivity index (χ3v) is 4.54. The zero-order chi connectivity index (χ0) is 20.5. The van der Waals surface area contributed by atoms with E-state index in [0.29, 0.717) is 30.8 Å². The van der Waals surface area contributed by atoms with E-state index in [1.165, 1.54) is 12.1 Å². The van der Waals surface area contributed by atoms with Crippen molar-refractivity contribution in [2.75, 3.05) is 20.2 Å². The summed E-state index contributed by atoms with van der Waals surface area (Å²) in [7, 11) is 1.71. The highest BCUT2D eigenvalue weighted by Gasteiger charge is 2.23. The van der Waals surface area contributed by atoms with E-state index in [2.05, 4.69) is 20.9 Å². The number of ether oxygens (including phenoxy) is 1. The Morgan fingerprint density at radius 1 is 1.07 bits per heavy atom. The van der Waals surface area contributed by atoms with Gasteiger partial charge in [-0.25, -0.2) is 4.39 Å². The molecule has 0 aliphatic heterocycles. The lowest BCUT2D eigenvalue weighted by atomic mass is 10.1. The fourth-order valence-corrected chi connectivity index (χ4v) is 2.73. The highest BCUT2D eigenvalue weighted by atomic mass is 19.1. The molecule has 0 unspecified atom stereocenters. The van der Waals surface area contributed by atoms with Gasteiger partial charge in [-0.05, 0) is 54.7 Å². The Morgan fingerprint density at radius 2 is 1.76 bits per heavy atom. The molecule has 0 radical (unpaired) electrons. The van der Waals surface area contributed by atoms with Crippen LogP contribution in [0.3, 0.4) is 0 Å². The van der Waals surface area contributed by atoms with Crippen molar-refractivity contribution >= 4 is 11.9 Å². The lowest BCUT2D eigenvalue weighted by molar-refractivity contribution is -0.123. The van der Waals surface area contributed by atoms with Gasteiger partial charge in [0.05, 0.1) is 0 Å². The van der Waals surface area contributed by atoms with E-state index in [1.54, 1.807) is 19.2 Å². The first-order valence-electron chi connectivity index (χ1n) is 9.82. The van der Waals surface area contributed by atoms with Crippen LogP contribution < -0.4 is 20.7 Å². The van der Waals surface area contributed by atoms with Gasteiger partial charge in [0.25, 0.3) is 5.91 Å². The number of nitrogens with one attached hydrogen (secondary N) is 3. The maximum Gasteiger partial charge on any atom is 0.258 e. The van der Waals surface area contributed by atoms with Gasteiger partial charge >= 0.3 is 0 Å². The third kappa shape index (κ3) is 7.44. The van der Waals surface area contributed by atoms with E-state index in [9.17, 15) is 9.18 Å². The molecule has 2 aromatic carbocycles. The Labute approximate surface area is 170 Å². The Kier molecular flexibility index (Phi) is 7.44. The van der Waals surface area contributed by atoms with Gasteiger partial charge in [-0.2, -0.15) is 0 Å². The molecule has 7 heteroatoms. The number of guanidine groups is 1. The molecule has 1 aliphatic rings. The van der Waals surface area contributed by atoms with Gasteiger partial charge in [-0.1, -0.05) is 24.3 Å². The minimum atomic E-state index is -0.241. The van der Waals surface area contributed by atoms with Crippen molar-refractivity contribution in [3.05, 3.63) is 65.5 Å². The quantitative estimate of drug-likeness (QED) is 0.448. The number of carbonyl (C=O) groups is 1. The molecule has 3 rings (SSSR count). The average Bonchev–Trinajstić information content (AvgIpc) is 3.55. The summed E-state index contributed by atoms with van der Waals surface area (Å²) in [6.45, 7) is 1.33. The monoisotopic (exact) mass is 398 g/mol. The first kappa shape index (κ1) is 20.6. The van der Waals surface area contributed by atoms with E-state index in [0.717, 1.165) is 30.4 Å². The van der Waals surface area contributed by atoms with Gasteiger partial charge in [-0.3, -0.25) is 9.79 Å². The molecule has 1 saturated carbocycles. The van der Waals surface area contributed by atoms with Gasteiger partial charge < -0.3 is 20.7 Å². The number of carbonyl (C=O) groups excluding carboxylic acids is 1. The normalized spacial score (nSPS) is 13.7. The van der Waals surface area contributed by atoms with Crippen molar-refractivity contribution in [1.29, 1.82) is 0 Å². The van der Waals surface area contributed by atoms with Crippen molar-refractivity contribution in [1.82, 2.24) is 16.0 Å². The van der Waals surface area contributed by atoms with E-state index in [1.807, 2.05) is 24.3 Å². The maximum absolute atomic E-state index is 12.9. The van der Waals surface area contributed by atoms with Crippen LogP contribution in [0.5, 0.6) is 5.75 Å². The molecule has 0 bridgehead atoms. The van der Waals surface area contributed by atoms with Crippen LogP contribution in [-0.2, 0) is 17.8 Å². The molecule has 0 heterocycles. The van der Waals surface area contributed by atoms with Crippen molar-refractivity contribution in [2.24, 2.45) is 4.99 Å². The number of rotatable bonds is 9. The van der Waals surface area contributed by atoms with Crippen LogP contribution in [0.1, 0.15) is 24.0 Å². The Balaban J connectivity index is 1.35. The molecule has 0 saturated heterocycles. The van der Waals surface area contributed by atoms with Crippen LogP contribution in [0.25, 0.3) is 0 Å². The summed E-state index contributed by atoms with van der Waals surface area (Å²) >= 11 is 0. The molecular weight excluding hydrogens is 371 g/mol. The number of nitrogens with zero attached hydrogens (tertiary/aromatic N) is 1. The fraction of sp³-hybridized carbons (Fsp3) is 0.364. The standard InChI is InChI=1S/C22H27FN4O2/c1-24-22(26-14-17-2-6-18(23)7-3-17)25-13-12-16-4-10-20(11-5-16)29-15-21(28)27-19-8-9-19/h2-7,10-11,19H,8-9,12-15H2,1H3,(H,27,28)(H2,24,25,26). The Morgan fingerprint density at radius 3 is 2.41 bits per heavy atom. The lowest BCUT2D eigenvalue weighted by Crippen LogP contribution is -2.37. The molecule has 154 valence electrons. The predicted octanol–water partition coefficient (Wildman–Crippen LogP) is 2.39. The molecule has 2 aromatic rings. The topological polar surface area (TPSA) is 74.8 Å². The number of hydrogen-bond acceptors (Lipinski definition) is 3. The van der Waals surface area contributed by atoms with Crippen LogP contribution in [0.4, 0.5) is 4.39 Å². The second kappa shape index (κ2) is 10.5. The molecule has 6 nitrogen and oxygen atoms in total. The molecule has 1 aliphatic carbocycles. The SMILES string of the molecule is CN=C(NCCc1ccc(OCC(=O)NC2CC2)cc1)NCc1ccc(F)cc1. The summed E-state index contributed by atoms with van der Waals surface area (Å²) < 4.78 is 18.5. The summed E-state index contributed by atoms with van der Waals surface area (Å²) in [6, 6.07) is 14.5. The van der Waals surface area contributed by atoms with Gasteiger partial charge in [-0.15, -0.1) is 0 Å². The van der Waals surface area contributed by atoms with Gasteiger partial charge in [0.15, 0.2) is 12.6 Å². The second-order valence-electron chi connectivity index (χ2n) is 7.00. The number of benzene rings is 2. The average molecular weight is 398 g/mol. The van der Waals surface area contributed by atoms with E-state index >= 15 is 0 Å². The van der Waals surface area contributed by atoms with Crippen LogP contribution in [-0.4, -0.2) is 38.1 Å². The van der Waals surface area contributed by atoms with E-state index < -0.39 is 0 Å². The van der Waals surface area contributed by atoms with Crippen LogP contribution >= 0.6 is 0 Å². The number of aliphatic imine (C=N–C) groups is 1. The third-order valence-electron chi connectivity index (χ3n) is 4.54. The number of halogens is 1. The zero-order valence-corrected chi connectivity index (χ0v) is 16.6. The molecule has 0 atom stereocenters. The van der Waals surface area contributed by atoms with E-state index in [-0.39, 0.29) is 18.3 Å². The fourth-order valence-electron chi connectivity index (χ4n) is 2.73. The molecule has 1 fully saturated rings. The van der Waals surface area contributed by atoms with Gasteiger partial charge in [0, 0.05) is 26.2 Å². The highest BCUT2D eigenvalue weighted by molar-refractivity contribution is 5.79. The molecular formula is C22H27FN4O2. The Bertz CT molecular complexity index is 818. The first-order chi connectivity index (χ1) is 14.1. The molecule has 29 heavy (non-hydrogen) atoms. The largest absolute Gasteiger partial charge is 0.484 e. The second-order valence-corrected chi connectivity index (χ2v) is 7.00. The Hall–Kier alpha value is -3.09. The maximum atomic E-state index is 12.9. The first-order valence-corrected chi connectivity index (χ1v) is 9.82. The highest BCUT2D eigenvalue weighted by Crippen LogP contribution is 2.18. The molecule has 0 aromatic heterocycles. The van der Waals surface area contributed by atoms with Crippen molar-refractivity contribution in [2.45, 2.75) is 31.8 Å². The van der Waals surface area contributed by atoms with Crippen LogP contribution in [0, 0.1) is 5.82 Å². The summed E-state index contributed by atoms with van der Waals surface area (Å²) in [5.74, 6) is 1.06. The molecule has 0 spiro atoms. The molecule has 3 N–H and O–H groups in total. The number of amides is 1. The summed E-state index contributed by atoms with van der Waals surface area (Å²) in [4.78, 5) is 15.8.